The van der Waals surface area contributed by atoms with Crippen molar-refractivity contribution < 1.29 is 9.36 Å². The predicted molar refractivity (Wildman–Crippen MR) is 93.3 cm³/mol. The zero-order valence-corrected chi connectivity index (χ0v) is 13.5. The highest BCUT2D eigenvalue weighted by molar-refractivity contribution is 6.33. The van der Waals surface area contributed by atoms with Crippen molar-refractivity contribution in [3.05, 3.63) is 66.0 Å². The topological polar surface area (TPSA) is 37.9 Å². The fourth-order valence-electron chi connectivity index (χ4n) is 2.54. The predicted octanol–water partition coefficient (Wildman–Crippen LogP) is 3.63. The highest BCUT2D eigenvalue weighted by Crippen LogP contribution is 2.22. The van der Waals surface area contributed by atoms with Gasteiger partial charge in [0.05, 0.1) is 16.9 Å². The number of para-hydroxylation sites is 2. The first-order valence-electron chi connectivity index (χ1n) is 7.26. The number of hydrogen-bond acceptors (Lipinski definition) is 1. The minimum absolute atomic E-state index is 0.132. The zero-order chi connectivity index (χ0) is 16.4. The lowest BCUT2D eigenvalue weighted by Crippen LogP contribution is -2.39. The van der Waals surface area contributed by atoms with Gasteiger partial charge in [-0.15, -0.1) is 0 Å². The van der Waals surface area contributed by atoms with E-state index in [0.29, 0.717) is 10.7 Å². The summed E-state index contributed by atoms with van der Waals surface area (Å²) in [5.41, 5.74) is 3.65. The third kappa shape index (κ3) is 3.12. The molecule has 0 fully saturated rings. The molecule has 1 amide bonds. The summed E-state index contributed by atoms with van der Waals surface area (Å²) in [5, 5.41) is 3.39. The number of aromatic nitrogens is 2. The summed E-state index contributed by atoms with van der Waals surface area (Å²) in [4.78, 5) is 12.3. The largest absolute Gasteiger partial charge is 0.321 e. The second-order valence-corrected chi connectivity index (χ2v) is 5.76. The van der Waals surface area contributed by atoms with E-state index in [2.05, 4.69) is 11.9 Å². The Bertz CT molecular complexity index is 898. The molecule has 0 aliphatic rings. The average Bonchev–Trinajstić information content (AvgIpc) is 2.88. The highest BCUT2D eigenvalue weighted by Gasteiger charge is 2.16. The molecule has 1 N–H and O–H groups in total. The van der Waals surface area contributed by atoms with Crippen molar-refractivity contribution in [2.45, 2.75) is 13.5 Å². The number of anilines is 1. The van der Waals surface area contributed by atoms with Gasteiger partial charge in [-0.05, 0) is 36.8 Å². The van der Waals surface area contributed by atoms with Crippen LogP contribution < -0.4 is 9.88 Å². The molecule has 0 atom stereocenters. The normalized spacial score (nSPS) is 10.7. The van der Waals surface area contributed by atoms with Crippen LogP contribution in [0.1, 0.15) is 5.56 Å². The molecule has 5 heteroatoms. The maximum atomic E-state index is 12.3. The van der Waals surface area contributed by atoms with Crippen LogP contribution in [0.3, 0.4) is 0 Å². The molecule has 3 rings (SSSR count). The quantitative estimate of drug-likeness (QED) is 0.730. The minimum atomic E-state index is -0.132. The molecule has 2 aromatic carbocycles. The van der Waals surface area contributed by atoms with Gasteiger partial charge in [0.1, 0.15) is 0 Å². The van der Waals surface area contributed by atoms with Crippen LogP contribution in [0.2, 0.25) is 5.02 Å². The summed E-state index contributed by atoms with van der Waals surface area (Å²) in [6.07, 6.45) is 3.57. The number of aryl methyl sites for hydroxylation is 1. The molecule has 0 aliphatic heterocycles. The molecule has 4 nitrogen and oxygen atoms in total. The first-order chi connectivity index (χ1) is 11.1. The van der Waals surface area contributed by atoms with Crippen LogP contribution in [0.5, 0.6) is 0 Å². The lowest BCUT2D eigenvalue weighted by molar-refractivity contribution is -0.658. The van der Waals surface area contributed by atoms with Gasteiger partial charge in [0.15, 0.2) is 17.6 Å². The molecule has 0 radical (unpaired) electrons. The van der Waals surface area contributed by atoms with E-state index in [9.17, 15) is 4.79 Å². The Morgan fingerprint density at radius 1 is 1.35 bits per heavy atom. The smallest absolute Gasteiger partial charge is 0.266 e. The van der Waals surface area contributed by atoms with Gasteiger partial charge in [0, 0.05) is 0 Å². The van der Waals surface area contributed by atoms with Crippen molar-refractivity contribution in [1.82, 2.24) is 4.57 Å². The Labute approximate surface area is 139 Å². The van der Waals surface area contributed by atoms with E-state index in [4.69, 9.17) is 11.6 Å². The summed E-state index contributed by atoms with van der Waals surface area (Å²) in [5.74, 6) is -0.132. The summed E-state index contributed by atoms with van der Waals surface area (Å²) in [6, 6.07) is 13.4. The molecule has 1 heterocycles. The number of halogens is 1. The summed E-state index contributed by atoms with van der Waals surface area (Å²) in [7, 11) is 0. The SMILES string of the molecule is C=Cn1c[n+](CC(=O)Nc2ccc(C)cc2Cl)c2ccccc21. The number of nitrogens with one attached hydrogen (secondary N) is 1. The van der Waals surface area contributed by atoms with E-state index < -0.39 is 0 Å². The molecule has 0 saturated carbocycles. The fourth-order valence-corrected chi connectivity index (χ4v) is 2.82. The van der Waals surface area contributed by atoms with E-state index >= 15 is 0 Å². The van der Waals surface area contributed by atoms with Crippen molar-refractivity contribution in [1.29, 1.82) is 0 Å². The fraction of sp³-hybridized carbons (Fsp3) is 0.111. The van der Waals surface area contributed by atoms with Crippen LogP contribution >= 0.6 is 11.6 Å². The van der Waals surface area contributed by atoms with Crippen LogP contribution in [0.4, 0.5) is 5.69 Å². The number of hydrogen-bond donors (Lipinski definition) is 1. The second kappa shape index (κ2) is 6.26. The van der Waals surface area contributed by atoms with Crippen molar-refractivity contribution in [2.75, 3.05) is 5.32 Å². The number of nitrogens with zero attached hydrogens (tertiary/aromatic N) is 2. The molecule has 0 spiro atoms. The number of rotatable bonds is 4. The Hall–Kier alpha value is -2.59. The molecule has 0 saturated heterocycles. The molecule has 1 aromatic heterocycles. The van der Waals surface area contributed by atoms with E-state index in [1.165, 1.54) is 0 Å². The monoisotopic (exact) mass is 326 g/mol. The van der Waals surface area contributed by atoms with Gasteiger partial charge in [-0.25, -0.2) is 9.13 Å². The molecular formula is C18H17ClN3O+. The number of carbonyl (C=O) groups excluding carboxylic acids is 1. The van der Waals surface area contributed by atoms with Crippen molar-refractivity contribution >= 4 is 40.4 Å². The van der Waals surface area contributed by atoms with Gasteiger partial charge in [-0.1, -0.05) is 36.4 Å². The Kier molecular flexibility index (Phi) is 4.17. The van der Waals surface area contributed by atoms with Crippen LogP contribution in [0, 0.1) is 6.92 Å². The number of benzene rings is 2. The number of amides is 1. The third-order valence-corrected chi connectivity index (χ3v) is 3.96. The Balaban J connectivity index is 1.84. The third-order valence-electron chi connectivity index (χ3n) is 3.64. The maximum absolute atomic E-state index is 12.3. The van der Waals surface area contributed by atoms with E-state index in [1.54, 1.807) is 6.20 Å². The lowest BCUT2D eigenvalue weighted by atomic mass is 10.2. The van der Waals surface area contributed by atoms with Gasteiger partial charge in [0.2, 0.25) is 6.33 Å². The molecular weight excluding hydrogens is 310 g/mol. The van der Waals surface area contributed by atoms with Crippen molar-refractivity contribution in [3.8, 4) is 0 Å². The number of imidazole rings is 1. The molecule has 116 valence electrons. The van der Waals surface area contributed by atoms with Gasteiger partial charge >= 0.3 is 0 Å². The van der Waals surface area contributed by atoms with E-state index in [0.717, 1.165) is 16.6 Å². The van der Waals surface area contributed by atoms with Crippen LogP contribution in [-0.2, 0) is 11.3 Å². The highest BCUT2D eigenvalue weighted by atomic mass is 35.5. The first kappa shape index (κ1) is 15.3. The minimum Gasteiger partial charge on any atom is -0.321 e. The second-order valence-electron chi connectivity index (χ2n) is 5.35. The standard InChI is InChI=1S/C18H16ClN3O/c1-3-21-12-22(17-7-5-4-6-16(17)21)11-18(23)20-15-9-8-13(2)10-14(15)19/h3-10,12H,1,11H2,2H3/p+1. The average molecular weight is 327 g/mol. The van der Waals surface area contributed by atoms with Gasteiger partial charge in [-0.2, -0.15) is 0 Å². The molecule has 3 aromatic rings. The van der Waals surface area contributed by atoms with Crippen LogP contribution in [-0.4, -0.2) is 10.5 Å². The van der Waals surface area contributed by atoms with Crippen LogP contribution in [0.15, 0.2) is 55.4 Å². The molecule has 23 heavy (non-hydrogen) atoms. The first-order valence-corrected chi connectivity index (χ1v) is 7.64. The number of fused-ring (bicyclic) bond motifs is 1. The lowest BCUT2D eigenvalue weighted by Gasteiger charge is -2.06. The summed E-state index contributed by atoms with van der Waals surface area (Å²) >= 11 is 6.16. The molecule has 0 aliphatic carbocycles. The Morgan fingerprint density at radius 3 is 2.87 bits per heavy atom. The molecule has 0 bridgehead atoms. The van der Waals surface area contributed by atoms with Crippen molar-refractivity contribution in [3.63, 3.8) is 0 Å². The van der Waals surface area contributed by atoms with Crippen molar-refractivity contribution in [2.24, 2.45) is 0 Å². The van der Waals surface area contributed by atoms with Gasteiger partial charge < -0.3 is 5.32 Å². The van der Waals surface area contributed by atoms with Gasteiger partial charge in [-0.3, -0.25) is 4.79 Å². The van der Waals surface area contributed by atoms with E-state index in [1.807, 2.05) is 64.8 Å². The molecule has 0 unspecified atom stereocenters. The zero-order valence-electron chi connectivity index (χ0n) is 12.8. The van der Waals surface area contributed by atoms with Gasteiger partial charge in [0.25, 0.3) is 5.91 Å². The Morgan fingerprint density at radius 2 is 2.13 bits per heavy atom. The van der Waals surface area contributed by atoms with Crippen LogP contribution in [0.25, 0.3) is 17.2 Å². The van der Waals surface area contributed by atoms with E-state index in [-0.39, 0.29) is 12.5 Å². The summed E-state index contributed by atoms with van der Waals surface area (Å²) in [6.45, 7) is 5.95. The maximum Gasteiger partial charge on any atom is 0.266 e. The number of carbonyl (C=O) groups is 1. The summed E-state index contributed by atoms with van der Waals surface area (Å²) < 4.78 is 3.77.